The predicted octanol–water partition coefficient (Wildman–Crippen LogP) is 0.290. The maximum Gasteiger partial charge on any atom is 0.326 e. The van der Waals surface area contributed by atoms with E-state index in [0.717, 1.165) is 0 Å². The van der Waals surface area contributed by atoms with E-state index in [4.69, 9.17) is 10.5 Å². The summed E-state index contributed by atoms with van der Waals surface area (Å²) in [5, 5.41) is 2.54. The molecule has 0 bridgehead atoms. The number of ether oxygens (including phenoxy) is 1. The van der Waals surface area contributed by atoms with Crippen LogP contribution in [0.4, 0.5) is 10.1 Å². The minimum absolute atomic E-state index is 0.0589. The van der Waals surface area contributed by atoms with Crippen molar-refractivity contribution in [3.8, 4) is 5.75 Å². The van der Waals surface area contributed by atoms with Gasteiger partial charge in [0.15, 0.2) is 0 Å². The first-order chi connectivity index (χ1) is 11.3. The summed E-state index contributed by atoms with van der Waals surface area (Å²) in [6.45, 7) is 3.28. The summed E-state index contributed by atoms with van der Waals surface area (Å²) in [5.74, 6) is -0.749. The Hall–Kier alpha value is -3.10. The summed E-state index contributed by atoms with van der Waals surface area (Å²) >= 11 is 0. The Morgan fingerprint density at radius 1 is 1.38 bits per heavy atom. The van der Waals surface area contributed by atoms with Crippen molar-refractivity contribution in [1.82, 2.24) is 15.3 Å². The molecule has 0 aliphatic carbocycles. The summed E-state index contributed by atoms with van der Waals surface area (Å²) in [4.78, 5) is 38.8. The molecule has 1 aromatic carbocycles. The molecule has 1 unspecified atom stereocenters. The first-order valence-corrected chi connectivity index (χ1v) is 7.10. The molecule has 0 saturated heterocycles. The minimum atomic E-state index is -0.844. The van der Waals surface area contributed by atoms with E-state index in [9.17, 15) is 18.8 Å². The molecule has 128 valence electrons. The lowest BCUT2D eigenvalue weighted by Crippen LogP contribution is -2.40. The van der Waals surface area contributed by atoms with Crippen molar-refractivity contribution >= 4 is 11.6 Å². The fraction of sp³-hybridized carbons (Fsp3) is 0.267. The number of H-pyrrole nitrogens is 2. The number of carbonyl (C=O) groups is 1. The number of hydrogen-bond acceptors (Lipinski definition) is 5. The first-order valence-electron chi connectivity index (χ1n) is 7.10. The van der Waals surface area contributed by atoms with Gasteiger partial charge < -0.3 is 20.8 Å². The maximum atomic E-state index is 13.4. The maximum absolute atomic E-state index is 13.4. The Bertz CT molecular complexity index is 875. The molecule has 0 aliphatic heterocycles. The lowest BCUT2D eigenvalue weighted by atomic mass is 10.2. The number of hydrogen-bond donors (Lipinski definition) is 4. The highest BCUT2D eigenvalue weighted by atomic mass is 19.1. The van der Waals surface area contributed by atoms with E-state index >= 15 is 0 Å². The Kier molecular flexibility index (Phi) is 5.02. The average molecular weight is 336 g/mol. The quantitative estimate of drug-likeness (QED) is 0.623. The van der Waals surface area contributed by atoms with E-state index in [0.29, 0.717) is 11.3 Å². The predicted molar refractivity (Wildman–Crippen MR) is 85.7 cm³/mol. The van der Waals surface area contributed by atoms with Gasteiger partial charge in [-0.2, -0.15) is 0 Å². The van der Waals surface area contributed by atoms with Crippen LogP contribution in [0, 0.1) is 12.7 Å². The van der Waals surface area contributed by atoms with Crippen LogP contribution >= 0.6 is 0 Å². The number of halogens is 1. The van der Waals surface area contributed by atoms with Crippen molar-refractivity contribution in [3.05, 3.63) is 56.1 Å². The van der Waals surface area contributed by atoms with E-state index < -0.39 is 29.0 Å². The summed E-state index contributed by atoms with van der Waals surface area (Å²) < 4.78 is 18.9. The van der Waals surface area contributed by atoms with Crippen molar-refractivity contribution in [3.63, 3.8) is 0 Å². The van der Waals surface area contributed by atoms with Gasteiger partial charge in [-0.05, 0) is 26.0 Å². The molecule has 1 aromatic heterocycles. The number of anilines is 1. The highest BCUT2D eigenvalue weighted by Crippen LogP contribution is 2.20. The van der Waals surface area contributed by atoms with Crippen LogP contribution in [0.3, 0.4) is 0 Å². The SMILES string of the molecule is Cc1c(F)cccc1OCC(C)NC(=O)c1[nH]c(=O)[nH]c(=O)c1N. The van der Waals surface area contributed by atoms with Gasteiger partial charge in [0, 0.05) is 5.56 Å². The van der Waals surface area contributed by atoms with Gasteiger partial charge in [0.1, 0.15) is 29.6 Å². The molecule has 8 nitrogen and oxygen atoms in total. The molecule has 0 aliphatic rings. The molecule has 1 amide bonds. The van der Waals surface area contributed by atoms with Crippen LogP contribution in [-0.4, -0.2) is 28.5 Å². The molecular weight excluding hydrogens is 319 g/mol. The molecular formula is C15H17FN4O4. The number of carbonyl (C=O) groups excluding carboxylic acids is 1. The third kappa shape index (κ3) is 3.80. The van der Waals surface area contributed by atoms with Crippen LogP contribution in [0.1, 0.15) is 23.0 Å². The van der Waals surface area contributed by atoms with Crippen molar-refractivity contribution in [2.24, 2.45) is 0 Å². The standard InChI is InChI=1S/C15H17FN4O4/c1-7(6-24-10-5-3-4-9(16)8(10)2)18-14(22)12-11(17)13(21)20-15(23)19-12/h3-5,7H,6,17H2,1-2H3,(H,18,22)(H2,19,20,21,23). The number of rotatable bonds is 5. The lowest BCUT2D eigenvalue weighted by molar-refractivity contribution is 0.0922. The topological polar surface area (TPSA) is 130 Å². The van der Waals surface area contributed by atoms with Crippen LogP contribution in [0.2, 0.25) is 0 Å². The number of aromatic amines is 2. The number of benzene rings is 1. The van der Waals surface area contributed by atoms with Gasteiger partial charge in [0.05, 0.1) is 6.04 Å². The monoisotopic (exact) mass is 336 g/mol. The fourth-order valence-corrected chi connectivity index (χ4v) is 1.97. The zero-order valence-electron chi connectivity index (χ0n) is 13.1. The molecule has 1 heterocycles. The van der Waals surface area contributed by atoms with Gasteiger partial charge in [-0.25, -0.2) is 9.18 Å². The largest absolute Gasteiger partial charge is 0.491 e. The van der Waals surface area contributed by atoms with Gasteiger partial charge >= 0.3 is 5.69 Å². The molecule has 24 heavy (non-hydrogen) atoms. The molecule has 2 aromatic rings. The van der Waals surface area contributed by atoms with Crippen LogP contribution < -0.4 is 27.0 Å². The molecule has 0 spiro atoms. The highest BCUT2D eigenvalue weighted by Gasteiger charge is 2.17. The van der Waals surface area contributed by atoms with E-state index in [1.165, 1.54) is 12.1 Å². The summed E-state index contributed by atoms with van der Waals surface area (Å²) in [5.41, 5.74) is 3.45. The van der Waals surface area contributed by atoms with E-state index in [1.807, 2.05) is 4.98 Å². The Morgan fingerprint density at radius 3 is 2.79 bits per heavy atom. The molecule has 0 saturated carbocycles. The third-order valence-electron chi connectivity index (χ3n) is 3.29. The second-order valence-electron chi connectivity index (χ2n) is 5.25. The van der Waals surface area contributed by atoms with Crippen LogP contribution in [0.15, 0.2) is 27.8 Å². The fourth-order valence-electron chi connectivity index (χ4n) is 1.97. The molecule has 0 radical (unpaired) electrons. The van der Waals surface area contributed by atoms with Crippen LogP contribution in [-0.2, 0) is 0 Å². The normalized spacial score (nSPS) is 11.8. The van der Waals surface area contributed by atoms with Crippen molar-refractivity contribution < 1.29 is 13.9 Å². The Labute approximate surface area is 135 Å². The average Bonchev–Trinajstić information content (AvgIpc) is 2.52. The molecule has 5 N–H and O–H groups in total. The number of aromatic nitrogens is 2. The molecule has 0 fully saturated rings. The first kappa shape index (κ1) is 17.3. The van der Waals surface area contributed by atoms with Gasteiger partial charge in [0.25, 0.3) is 11.5 Å². The number of amides is 1. The Balaban J connectivity index is 2.03. The molecule has 2 rings (SSSR count). The highest BCUT2D eigenvalue weighted by molar-refractivity contribution is 5.96. The number of nitrogens with one attached hydrogen (secondary N) is 3. The van der Waals surface area contributed by atoms with Gasteiger partial charge in [-0.3, -0.25) is 14.6 Å². The van der Waals surface area contributed by atoms with Crippen LogP contribution in [0.5, 0.6) is 5.75 Å². The van der Waals surface area contributed by atoms with Crippen LogP contribution in [0.25, 0.3) is 0 Å². The van der Waals surface area contributed by atoms with Crippen molar-refractivity contribution in [1.29, 1.82) is 0 Å². The summed E-state index contributed by atoms with van der Waals surface area (Å²) in [6.07, 6.45) is 0. The Morgan fingerprint density at radius 2 is 2.08 bits per heavy atom. The van der Waals surface area contributed by atoms with Crippen molar-refractivity contribution in [2.45, 2.75) is 19.9 Å². The third-order valence-corrected chi connectivity index (χ3v) is 3.29. The summed E-state index contributed by atoms with van der Waals surface area (Å²) in [7, 11) is 0. The van der Waals surface area contributed by atoms with Gasteiger partial charge in [0.2, 0.25) is 0 Å². The zero-order valence-corrected chi connectivity index (χ0v) is 13.1. The minimum Gasteiger partial charge on any atom is -0.491 e. The summed E-state index contributed by atoms with van der Waals surface area (Å²) in [6, 6.07) is 3.96. The van der Waals surface area contributed by atoms with Gasteiger partial charge in [-0.15, -0.1) is 0 Å². The van der Waals surface area contributed by atoms with Gasteiger partial charge in [-0.1, -0.05) is 6.07 Å². The number of nitrogen functional groups attached to an aromatic ring is 1. The number of nitrogens with two attached hydrogens (primary N) is 1. The molecule has 1 atom stereocenters. The smallest absolute Gasteiger partial charge is 0.326 e. The second-order valence-corrected chi connectivity index (χ2v) is 5.25. The van der Waals surface area contributed by atoms with E-state index in [-0.39, 0.29) is 18.0 Å². The molecule has 9 heteroatoms. The second kappa shape index (κ2) is 6.99. The zero-order chi connectivity index (χ0) is 17.9. The van der Waals surface area contributed by atoms with E-state index in [2.05, 4.69) is 10.3 Å². The van der Waals surface area contributed by atoms with Crippen molar-refractivity contribution in [2.75, 3.05) is 12.3 Å². The lowest BCUT2D eigenvalue weighted by Gasteiger charge is -2.16. The van der Waals surface area contributed by atoms with E-state index in [1.54, 1.807) is 19.9 Å².